The quantitative estimate of drug-likeness (QED) is 0.461. The van der Waals surface area contributed by atoms with E-state index in [1.54, 1.807) is 0 Å². The van der Waals surface area contributed by atoms with Gasteiger partial charge in [-0.05, 0) is 24.6 Å². The molecule has 25 heavy (non-hydrogen) atoms. The van der Waals surface area contributed by atoms with Gasteiger partial charge in [-0.25, -0.2) is 0 Å². The molecule has 1 nitrogen and oxygen atoms in total. The molecule has 4 rings (SSSR count). The van der Waals surface area contributed by atoms with Crippen molar-refractivity contribution in [3.05, 3.63) is 113 Å². The summed E-state index contributed by atoms with van der Waals surface area (Å²) in [4.78, 5) is 0. The molecule has 0 fully saturated rings. The minimum absolute atomic E-state index is 0.892. The summed E-state index contributed by atoms with van der Waals surface area (Å²) in [6.45, 7) is 3.03. The molecule has 0 atom stereocenters. The number of benzene rings is 3. The molecular formula is C24H22N+. The number of pyridine rings is 1. The standard InChI is InChI=1S/C24H22N/c1-19-11-13-20(14-12-19)17-23-16-15-22-9-5-6-10-24(22)25(23)18-21-7-3-2-4-8-21/h2-16H,17-18H2,1H3/q+1. The number of para-hydroxylation sites is 1. The monoisotopic (exact) mass is 324 g/mol. The van der Waals surface area contributed by atoms with E-state index in [1.165, 1.54) is 33.3 Å². The van der Waals surface area contributed by atoms with Gasteiger partial charge in [0.25, 0.3) is 0 Å². The van der Waals surface area contributed by atoms with Crippen LogP contribution < -0.4 is 4.57 Å². The smallest absolute Gasteiger partial charge is 0.191 e. The Labute approximate surface area is 149 Å². The lowest BCUT2D eigenvalue weighted by Gasteiger charge is -2.08. The van der Waals surface area contributed by atoms with Crippen molar-refractivity contribution in [2.75, 3.05) is 0 Å². The molecule has 122 valence electrons. The molecule has 1 heteroatoms. The molecule has 0 saturated carbocycles. The average molecular weight is 324 g/mol. The zero-order chi connectivity index (χ0) is 17.1. The normalized spacial score (nSPS) is 10.9. The maximum absolute atomic E-state index is 2.45. The first kappa shape index (κ1) is 15.6. The van der Waals surface area contributed by atoms with E-state index >= 15 is 0 Å². The Morgan fingerprint density at radius 1 is 0.640 bits per heavy atom. The Morgan fingerprint density at radius 2 is 1.36 bits per heavy atom. The fraction of sp³-hybridized carbons (Fsp3) is 0.125. The highest BCUT2D eigenvalue weighted by Gasteiger charge is 2.16. The SMILES string of the molecule is Cc1ccc(Cc2ccc3ccccc3[n+]2Cc2ccccc2)cc1. The van der Waals surface area contributed by atoms with Gasteiger partial charge < -0.3 is 0 Å². The van der Waals surface area contributed by atoms with Crippen LogP contribution in [0.5, 0.6) is 0 Å². The van der Waals surface area contributed by atoms with E-state index in [1.807, 2.05) is 0 Å². The molecule has 0 N–H and O–H groups in total. The third kappa shape index (κ3) is 3.46. The number of aryl methyl sites for hydroxylation is 1. The third-order valence-corrected chi connectivity index (χ3v) is 4.72. The van der Waals surface area contributed by atoms with Crippen molar-refractivity contribution < 1.29 is 4.57 Å². The van der Waals surface area contributed by atoms with Crippen LogP contribution in [0.3, 0.4) is 0 Å². The molecule has 0 spiro atoms. The summed E-state index contributed by atoms with van der Waals surface area (Å²) < 4.78 is 2.45. The van der Waals surface area contributed by atoms with Crippen molar-refractivity contribution in [2.45, 2.75) is 19.9 Å². The van der Waals surface area contributed by atoms with Crippen molar-refractivity contribution in [2.24, 2.45) is 0 Å². The van der Waals surface area contributed by atoms with Crippen molar-refractivity contribution in [3.8, 4) is 0 Å². The molecule has 4 aromatic rings. The van der Waals surface area contributed by atoms with Crippen molar-refractivity contribution >= 4 is 10.9 Å². The molecule has 0 radical (unpaired) electrons. The van der Waals surface area contributed by atoms with Gasteiger partial charge in [0.2, 0.25) is 5.52 Å². The molecule has 0 amide bonds. The second-order valence-electron chi connectivity index (χ2n) is 6.62. The number of hydrogen-bond donors (Lipinski definition) is 0. The molecule has 0 aliphatic carbocycles. The number of fused-ring (bicyclic) bond motifs is 1. The van der Waals surface area contributed by atoms with E-state index in [2.05, 4.69) is 102 Å². The molecule has 1 heterocycles. The molecule has 0 aliphatic heterocycles. The van der Waals surface area contributed by atoms with Gasteiger partial charge in [-0.3, -0.25) is 0 Å². The Hall–Kier alpha value is -2.93. The summed E-state index contributed by atoms with van der Waals surface area (Å²) in [5, 5.41) is 1.28. The van der Waals surface area contributed by atoms with Gasteiger partial charge in [-0.15, -0.1) is 0 Å². The van der Waals surface area contributed by atoms with Crippen molar-refractivity contribution in [1.29, 1.82) is 0 Å². The van der Waals surface area contributed by atoms with Gasteiger partial charge in [-0.2, -0.15) is 4.57 Å². The fourth-order valence-corrected chi connectivity index (χ4v) is 3.33. The first-order valence-corrected chi connectivity index (χ1v) is 8.79. The predicted octanol–water partition coefficient (Wildman–Crippen LogP) is 5.07. The van der Waals surface area contributed by atoms with Crippen LogP contribution in [-0.2, 0) is 13.0 Å². The lowest BCUT2D eigenvalue weighted by molar-refractivity contribution is -0.669. The molecule has 1 aromatic heterocycles. The minimum atomic E-state index is 0.892. The summed E-state index contributed by atoms with van der Waals surface area (Å²) in [5.41, 5.74) is 6.61. The predicted molar refractivity (Wildman–Crippen MR) is 104 cm³/mol. The van der Waals surface area contributed by atoms with E-state index in [-0.39, 0.29) is 0 Å². The summed E-state index contributed by atoms with van der Waals surface area (Å²) in [5.74, 6) is 0. The van der Waals surface area contributed by atoms with E-state index < -0.39 is 0 Å². The van der Waals surface area contributed by atoms with Crippen LogP contribution in [-0.4, -0.2) is 0 Å². The maximum Gasteiger partial charge on any atom is 0.212 e. The summed E-state index contributed by atoms with van der Waals surface area (Å²) in [6, 6.07) is 32.7. The highest BCUT2D eigenvalue weighted by atomic mass is 15.0. The van der Waals surface area contributed by atoms with Crippen LogP contribution >= 0.6 is 0 Å². The molecule has 3 aromatic carbocycles. The maximum atomic E-state index is 2.45. The zero-order valence-electron chi connectivity index (χ0n) is 14.5. The van der Waals surface area contributed by atoms with Crippen LogP contribution in [0.25, 0.3) is 10.9 Å². The molecule has 0 bridgehead atoms. The van der Waals surface area contributed by atoms with Gasteiger partial charge in [-0.1, -0.05) is 72.3 Å². The van der Waals surface area contributed by atoms with E-state index in [9.17, 15) is 0 Å². The lowest BCUT2D eigenvalue weighted by Crippen LogP contribution is -2.40. The lowest BCUT2D eigenvalue weighted by atomic mass is 10.1. The Morgan fingerprint density at radius 3 is 2.16 bits per heavy atom. The molecular weight excluding hydrogens is 302 g/mol. The second kappa shape index (κ2) is 6.90. The van der Waals surface area contributed by atoms with Gasteiger partial charge in [0.05, 0.1) is 6.42 Å². The second-order valence-corrected chi connectivity index (χ2v) is 6.62. The molecule has 0 saturated heterocycles. The Balaban J connectivity index is 1.79. The Bertz CT molecular complexity index is 985. The molecule has 0 aliphatic rings. The van der Waals surface area contributed by atoms with Gasteiger partial charge in [0, 0.05) is 23.1 Å². The zero-order valence-corrected chi connectivity index (χ0v) is 14.5. The topological polar surface area (TPSA) is 3.88 Å². The van der Waals surface area contributed by atoms with Crippen LogP contribution in [0.1, 0.15) is 22.4 Å². The number of hydrogen-bond acceptors (Lipinski definition) is 0. The number of aromatic nitrogens is 1. The number of rotatable bonds is 4. The van der Waals surface area contributed by atoms with Crippen molar-refractivity contribution in [3.63, 3.8) is 0 Å². The van der Waals surface area contributed by atoms with Crippen LogP contribution in [0.15, 0.2) is 91.0 Å². The highest BCUT2D eigenvalue weighted by molar-refractivity contribution is 5.75. The van der Waals surface area contributed by atoms with E-state index in [0.29, 0.717) is 0 Å². The summed E-state index contributed by atoms with van der Waals surface area (Å²) >= 11 is 0. The van der Waals surface area contributed by atoms with Gasteiger partial charge in [0.15, 0.2) is 12.2 Å². The highest BCUT2D eigenvalue weighted by Crippen LogP contribution is 2.15. The summed E-state index contributed by atoms with van der Waals surface area (Å²) in [7, 11) is 0. The van der Waals surface area contributed by atoms with Crippen molar-refractivity contribution in [1.82, 2.24) is 0 Å². The largest absolute Gasteiger partial charge is 0.212 e. The fourth-order valence-electron chi connectivity index (χ4n) is 3.33. The first-order chi connectivity index (χ1) is 12.3. The van der Waals surface area contributed by atoms with Crippen LogP contribution in [0.2, 0.25) is 0 Å². The van der Waals surface area contributed by atoms with Gasteiger partial charge >= 0.3 is 0 Å². The third-order valence-electron chi connectivity index (χ3n) is 4.72. The van der Waals surface area contributed by atoms with E-state index in [4.69, 9.17) is 0 Å². The first-order valence-electron chi connectivity index (χ1n) is 8.79. The average Bonchev–Trinajstić information content (AvgIpc) is 2.66. The number of nitrogens with zero attached hydrogens (tertiary/aromatic N) is 1. The molecule has 0 unspecified atom stereocenters. The summed E-state index contributed by atoms with van der Waals surface area (Å²) in [6.07, 6.45) is 0.942. The van der Waals surface area contributed by atoms with Gasteiger partial charge in [0.1, 0.15) is 0 Å². The minimum Gasteiger partial charge on any atom is -0.191 e. The van der Waals surface area contributed by atoms with Crippen LogP contribution in [0.4, 0.5) is 0 Å². The van der Waals surface area contributed by atoms with Crippen LogP contribution in [0, 0.1) is 6.92 Å². The van der Waals surface area contributed by atoms with E-state index in [0.717, 1.165) is 13.0 Å². The Kier molecular flexibility index (Phi) is 4.30.